The van der Waals surface area contributed by atoms with E-state index in [9.17, 15) is 9.59 Å². The number of rotatable bonds is 4. The molecule has 17 heavy (non-hydrogen) atoms. The molecule has 0 aliphatic heterocycles. The van der Waals surface area contributed by atoms with Crippen molar-refractivity contribution in [2.75, 3.05) is 25.9 Å². The number of nitrogens with one attached hydrogen (secondary N) is 1. The molecule has 0 aromatic carbocycles. The lowest BCUT2D eigenvalue weighted by Gasteiger charge is -2.19. The minimum atomic E-state index is -0.290. The standard InChI is InChI=1S/C10H17N5O2/c1-4-15(6-8(16)12-2)10(17)7-5-13-14(3)9(7)11/h5H,4,6,11H2,1-3H3,(H,12,16). The van der Waals surface area contributed by atoms with Gasteiger partial charge >= 0.3 is 0 Å². The Bertz CT molecular complexity index is 426. The van der Waals surface area contributed by atoms with Crippen molar-refractivity contribution in [3.8, 4) is 0 Å². The molecule has 2 amide bonds. The van der Waals surface area contributed by atoms with Crippen molar-refractivity contribution in [1.82, 2.24) is 20.0 Å². The first-order chi connectivity index (χ1) is 8.01. The first kappa shape index (κ1) is 13.0. The van der Waals surface area contributed by atoms with E-state index in [1.807, 2.05) is 0 Å². The zero-order valence-corrected chi connectivity index (χ0v) is 10.2. The summed E-state index contributed by atoms with van der Waals surface area (Å²) < 4.78 is 1.42. The van der Waals surface area contributed by atoms with Crippen LogP contribution in [0.15, 0.2) is 6.20 Å². The Labute approximate surface area is 99.6 Å². The SMILES string of the molecule is CCN(CC(=O)NC)C(=O)c1cnn(C)c1N. The fourth-order valence-electron chi connectivity index (χ4n) is 1.36. The van der Waals surface area contributed by atoms with Gasteiger partial charge in [0.2, 0.25) is 5.91 Å². The third-order valence-electron chi connectivity index (χ3n) is 2.50. The zero-order valence-electron chi connectivity index (χ0n) is 10.2. The van der Waals surface area contributed by atoms with E-state index in [-0.39, 0.29) is 18.4 Å². The molecule has 0 radical (unpaired) electrons. The van der Waals surface area contributed by atoms with E-state index in [0.717, 1.165) is 0 Å². The number of hydrogen-bond acceptors (Lipinski definition) is 4. The maximum Gasteiger partial charge on any atom is 0.259 e. The molecule has 0 aliphatic carbocycles. The minimum Gasteiger partial charge on any atom is -0.383 e. The first-order valence-electron chi connectivity index (χ1n) is 5.28. The average Bonchev–Trinajstić information content (AvgIpc) is 2.66. The van der Waals surface area contributed by atoms with Crippen LogP contribution in [0.1, 0.15) is 17.3 Å². The van der Waals surface area contributed by atoms with Crippen LogP contribution in [0, 0.1) is 0 Å². The van der Waals surface area contributed by atoms with Crippen molar-refractivity contribution >= 4 is 17.6 Å². The van der Waals surface area contributed by atoms with Crippen LogP contribution in [0.3, 0.4) is 0 Å². The molecule has 3 N–H and O–H groups in total. The van der Waals surface area contributed by atoms with E-state index in [0.29, 0.717) is 17.9 Å². The van der Waals surface area contributed by atoms with Gasteiger partial charge in [0.05, 0.1) is 12.7 Å². The molecule has 7 heteroatoms. The quantitative estimate of drug-likeness (QED) is 0.720. The summed E-state index contributed by atoms with van der Waals surface area (Å²) >= 11 is 0. The Morgan fingerprint density at radius 3 is 2.65 bits per heavy atom. The van der Waals surface area contributed by atoms with Crippen LogP contribution in [0.5, 0.6) is 0 Å². The molecule has 1 rings (SSSR count). The molecule has 0 bridgehead atoms. The lowest BCUT2D eigenvalue weighted by molar-refractivity contribution is -0.121. The summed E-state index contributed by atoms with van der Waals surface area (Å²) in [5, 5.41) is 6.37. The van der Waals surface area contributed by atoms with Gasteiger partial charge < -0.3 is 16.0 Å². The summed E-state index contributed by atoms with van der Waals surface area (Å²) in [6.45, 7) is 2.24. The maximum absolute atomic E-state index is 12.1. The highest BCUT2D eigenvalue weighted by atomic mass is 16.2. The van der Waals surface area contributed by atoms with Gasteiger partial charge in [-0.05, 0) is 6.92 Å². The van der Waals surface area contributed by atoms with Gasteiger partial charge in [0.25, 0.3) is 5.91 Å². The summed E-state index contributed by atoms with van der Waals surface area (Å²) in [5.74, 6) is -0.213. The molecule has 7 nitrogen and oxygen atoms in total. The van der Waals surface area contributed by atoms with Crippen molar-refractivity contribution in [3.05, 3.63) is 11.8 Å². The van der Waals surface area contributed by atoms with Crippen LogP contribution < -0.4 is 11.1 Å². The van der Waals surface area contributed by atoms with Crippen molar-refractivity contribution in [3.63, 3.8) is 0 Å². The molecule has 1 aromatic heterocycles. The summed E-state index contributed by atoms with van der Waals surface area (Å²) in [6, 6.07) is 0. The Hall–Kier alpha value is -2.05. The smallest absolute Gasteiger partial charge is 0.259 e. The number of amides is 2. The molecular formula is C10H17N5O2. The Morgan fingerprint density at radius 2 is 2.24 bits per heavy atom. The van der Waals surface area contributed by atoms with Gasteiger partial charge in [0, 0.05) is 20.6 Å². The summed E-state index contributed by atoms with van der Waals surface area (Å²) in [4.78, 5) is 24.7. The second kappa shape index (κ2) is 5.33. The van der Waals surface area contributed by atoms with Crippen LogP contribution in [-0.4, -0.2) is 46.6 Å². The highest BCUT2D eigenvalue weighted by Crippen LogP contribution is 2.12. The number of hydrogen-bond donors (Lipinski definition) is 2. The summed E-state index contributed by atoms with van der Waals surface area (Å²) in [6.07, 6.45) is 1.41. The van der Waals surface area contributed by atoms with Gasteiger partial charge in [-0.2, -0.15) is 5.10 Å². The molecule has 1 aromatic rings. The third kappa shape index (κ3) is 2.74. The number of likely N-dealkylation sites (N-methyl/N-ethyl adjacent to an activating group) is 2. The Kier molecular flexibility index (Phi) is 4.08. The van der Waals surface area contributed by atoms with Crippen molar-refractivity contribution in [2.24, 2.45) is 7.05 Å². The van der Waals surface area contributed by atoms with Gasteiger partial charge in [0.15, 0.2) is 0 Å². The van der Waals surface area contributed by atoms with Crippen molar-refractivity contribution in [1.29, 1.82) is 0 Å². The van der Waals surface area contributed by atoms with E-state index in [4.69, 9.17) is 5.73 Å². The normalized spacial score (nSPS) is 10.1. The molecular weight excluding hydrogens is 222 g/mol. The van der Waals surface area contributed by atoms with Gasteiger partial charge in [-0.3, -0.25) is 14.3 Å². The van der Waals surface area contributed by atoms with E-state index >= 15 is 0 Å². The third-order valence-corrected chi connectivity index (χ3v) is 2.50. The minimum absolute atomic E-state index is 0.0141. The summed E-state index contributed by atoms with van der Waals surface area (Å²) in [5.41, 5.74) is 6.03. The molecule has 0 fully saturated rings. The zero-order chi connectivity index (χ0) is 13.0. The van der Waals surface area contributed by atoms with Gasteiger partial charge in [-0.15, -0.1) is 0 Å². The van der Waals surface area contributed by atoms with Crippen LogP contribution in [-0.2, 0) is 11.8 Å². The molecule has 1 heterocycles. The lowest BCUT2D eigenvalue weighted by atomic mass is 10.2. The topological polar surface area (TPSA) is 93.2 Å². The fourth-order valence-corrected chi connectivity index (χ4v) is 1.36. The molecule has 0 aliphatic rings. The van der Waals surface area contributed by atoms with Gasteiger partial charge in [-0.25, -0.2) is 0 Å². The second-order valence-corrected chi connectivity index (χ2v) is 3.56. The molecule has 0 atom stereocenters. The number of nitrogens with zero attached hydrogens (tertiary/aromatic N) is 3. The monoisotopic (exact) mass is 239 g/mol. The molecule has 0 saturated carbocycles. The molecule has 94 valence electrons. The van der Waals surface area contributed by atoms with Crippen LogP contribution in [0.2, 0.25) is 0 Å². The van der Waals surface area contributed by atoms with Crippen molar-refractivity contribution in [2.45, 2.75) is 6.92 Å². The Balaban J connectivity index is 2.86. The lowest BCUT2D eigenvalue weighted by Crippen LogP contribution is -2.39. The predicted molar refractivity (Wildman–Crippen MR) is 63.3 cm³/mol. The summed E-state index contributed by atoms with van der Waals surface area (Å²) in [7, 11) is 3.18. The number of nitrogen functional groups attached to an aromatic ring is 1. The van der Waals surface area contributed by atoms with E-state index in [1.54, 1.807) is 14.0 Å². The number of anilines is 1. The van der Waals surface area contributed by atoms with E-state index < -0.39 is 0 Å². The second-order valence-electron chi connectivity index (χ2n) is 3.56. The van der Waals surface area contributed by atoms with Crippen LogP contribution in [0.4, 0.5) is 5.82 Å². The fraction of sp³-hybridized carbons (Fsp3) is 0.500. The van der Waals surface area contributed by atoms with Gasteiger partial charge in [0.1, 0.15) is 11.4 Å². The number of aryl methyl sites for hydroxylation is 1. The first-order valence-corrected chi connectivity index (χ1v) is 5.28. The highest BCUT2D eigenvalue weighted by molar-refractivity contribution is 5.99. The molecule has 0 unspecified atom stereocenters. The Morgan fingerprint density at radius 1 is 1.59 bits per heavy atom. The predicted octanol–water partition coefficient (Wildman–Crippen LogP) is -0.790. The van der Waals surface area contributed by atoms with Crippen molar-refractivity contribution < 1.29 is 9.59 Å². The van der Waals surface area contributed by atoms with Crippen LogP contribution >= 0.6 is 0 Å². The largest absolute Gasteiger partial charge is 0.383 e. The van der Waals surface area contributed by atoms with E-state index in [2.05, 4.69) is 10.4 Å². The van der Waals surface area contributed by atoms with Gasteiger partial charge in [-0.1, -0.05) is 0 Å². The molecule has 0 spiro atoms. The highest BCUT2D eigenvalue weighted by Gasteiger charge is 2.21. The maximum atomic E-state index is 12.1. The molecule has 0 saturated heterocycles. The van der Waals surface area contributed by atoms with Crippen LogP contribution in [0.25, 0.3) is 0 Å². The number of carbonyl (C=O) groups is 2. The number of aromatic nitrogens is 2. The average molecular weight is 239 g/mol. The van der Waals surface area contributed by atoms with E-state index in [1.165, 1.54) is 22.8 Å². The number of nitrogens with two attached hydrogens (primary N) is 1. The number of carbonyl (C=O) groups excluding carboxylic acids is 2.